The first kappa shape index (κ1) is 21.6. The van der Waals surface area contributed by atoms with Crippen molar-refractivity contribution in [3.63, 3.8) is 0 Å². The van der Waals surface area contributed by atoms with Crippen LogP contribution in [-0.2, 0) is 4.74 Å². The third-order valence-corrected chi connectivity index (χ3v) is 5.36. The highest BCUT2D eigenvalue weighted by molar-refractivity contribution is 5.70. The van der Waals surface area contributed by atoms with Gasteiger partial charge in [0.15, 0.2) is 11.6 Å². The van der Waals surface area contributed by atoms with Crippen molar-refractivity contribution in [1.82, 2.24) is 14.9 Å². The molecular formula is C25H29N5O2. The fourth-order valence-electron chi connectivity index (χ4n) is 3.74. The Bertz CT molecular complexity index is 1080. The topological polar surface area (TPSA) is 93.4 Å². The number of nitrogen functional groups attached to an aromatic ring is 1. The summed E-state index contributed by atoms with van der Waals surface area (Å²) in [5, 5.41) is 3.27. The number of hydrogen-bond donors (Lipinski definition) is 2. The maximum atomic E-state index is 12.3. The van der Waals surface area contributed by atoms with Crippen LogP contribution in [0.1, 0.15) is 38.7 Å². The summed E-state index contributed by atoms with van der Waals surface area (Å²) < 4.78 is 5.50. The minimum atomic E-state index is -0.481. The highest BCUT2D eigenvalue weighted by Crippen LogP contribution is 2.30. The third-order valence-electron chi connectivity index (χ3n) is 5.36. The Morgan fingerprint density at radius 1 is 1.12 bits per heavy atom. The number of amides is 1. The number of aromatic nitrogens is 2. The van der Waals surface area contributed by atoms with Crippen LogP contribution in [0, 0.1) is 0 Å². The SMILES string of the molecule is CC(C)(C)OC(=O)N1CCC(c2ccc(Nc3nc(-c4ccccc4)cnc3N)cc2)C1. The summed E-state index contributed by atoms with van der Waals surface area (Å²) in [6.45, 7) is 7.03. The highest BCUT2D eigenvalue weighted by Gasteiger charge is 2.30. The summed E-state index contributed by atoms with van der Waals surface area (Å²) >= 11 is 0. The number of anilines is 3. The molecule has 0 bridgehead atoms. The van der Waals surface area contributed by atoms with Crippen molar-refractivity contribution in [3.8, 4) is 11.3 Å². The fourth-order valence-corrected chi connectivity index (χ4v) is 3.74. The molecule has 1 saturated heterocycles. The van der Waals surface area contributed by atoms with Gasteiger partial charge in [-0.2, -0.15) is 0 Å². The van der Waals surface area contributed by atoms with E-state index >= 15 is 0 Å². The van der Waals surface area contributed by atoms with Crippen LogP contribution >= 0.6 is 0 Å². The summed E-state index contributed by atoms with van der Waals surface area (Å²) in [6.07, 6.45) is 2.35. The summed E-state index contributed by atoms with van der Waals surface area (Å²) in [5.74, 6) is 1.16. The fraction of sp³-hybridized carbons (Fsp3) is 0.320. The summed E-state index contributed by atoms with van der Waals surface area (Å²) in [6, 6.07) is 18.0. The molecule has 1 fully saturated rings. The number of nitrogens with two attached hydrogens (primary N) is 1. The molecule has 1 aliphatic heterocycles. The first-order chi connectivity index (χ1) is 15.3. The largest absolute Gasteiger partial charge is 0.444 e. The molecule has 0 spiro atoms. The molecule has 2 aromatic carbocycles. The molecule has 3 aromatic rings. The molecule has 3 N–H and O–H groups in total. The van der Waals surface area contributed by atoms with Gasteiger partial charge in [-0.3, -0.25) is 0 Å². The number of carbonyl (C=O) groups excluding carboxylic acids is 1. The van der Waals surface area contributed by atoms with E-state index in [1.165, 1.54) is 5.56 Å². The molecule has 7 nitrogen and oxygen atoms in total. The highest BCUT2D eigenvalue weighted by atomic mass is 16.6. The van der Waals surface area contributed by atoms with E-state index in [9.17, 15) is 4.79 Å². The lowest BCUT2D eigenvalue weighted by Crippen LogP contribution is -2.35. The number of carbonyl (C=O) groups is 1. The molecule has 2 heterocycles. The zero-order valence-electron chi connectivity index (χ0n) is 18.7. The minimum absolute atomic E-state index is 0.245. The van der Waals surface area contributed by atoms with E-state index in [0.29, 0.717) is 30.6 Å². The van der Waals surface area contributed by atoms with Gasteiger partial charge in [-0.15, -0.1) is 0 Å². The zero-order chi connectivity index (χ0) is 22.7. The van der Waals surface area contributed by atoms with Gasteiger partial charge in [0.25, 0.3) is 0 Å². The van der Waals surface area contributed by atoms with Crippen LogP contribution in [0.3, 0.4) is 0 Å². The number of benzene rings is 2. The van der Waals surface area contributed by atoms with Crippen LogP contribution < -0.4 is 11.1 Å². The summed E-state index contributed by atoms with van der Waals surface area (Å²) in [5.41, 5.74) is 9.37. The van der Waals surface area contributed by atoms with Gasteiger partial charge in [0.2, 0.25) is 0 Å². The predicted octanol–water partition coefficient (Wildman–Crippen LogP) is 5.19. The van der Waals surface area contributed by atoms with Crippen molar-refractivity contribution in [3.05, 3.63) is 66.4 Å². The normalized spacial score (nSPS) is 16.1. The monoisotopic (exact) mass is 431 g/mol. The van der Waals surface area contributed by atoms with E-state index < -0.39 is 5.60 Å². The lowest BCUT2D eigenvalue weighted by Gasteiger charge is -2.24. The minimum Gasteiger partial charge on any atom is -0.444 e. The first-order valence-corrected chi connectivity index (χ1v) is 10.8. The number of nitrogens with one attached hydrogen (secondary N) is 1. The maximum absolute atomic E-state index is 12.3. The van der Waals surface area contributed by atoms with Gasteiger partial charge < -0.3 is 20.7 Å². The van der Waals surface area contributed by atoms with Gasteiger partial charge in [-0.05, 0) is 44.9 Å². The van der Waals surface area contributed by atoms with Crippen LogP contribution in [0.2, 0.25) is 0 Å². The summed E-state index contributed by atoms with van der Waals surface area (Å²) in [7, 11) is 0. The number of hydrogen-bond acceptors (Lipinski definition) is 6. The molecule has 4 rings (SSSR count). The van der Waals surface area contributed by atoms with E-state index in [-0.39, 0.29) is 6.09 Å². The van der Waals surface area contributed by atoms with E-state index in [1.54, 1.807) is 11.1 Å². The van der Waals surface area contributed by atoms with Gasteiger partial charge in [-0.25, -0.2) is 14.8 Å². The number of nitrogens with zero attached hydrogens (tertiary/aromatic N) is 3. The standard InChI is InChI=1S/C25H29N5O2/c1-25(2,3)32-24(31)30-14-13-19(16-30)17-9-11-20(12-10-17)28-23-22(26)27-15-21(29-23)18-7-5-4-6-8-18/h4-12,15,19H,13-14,16H2,1-3H3,(H2,26,27)(H,28,29). The molecule has 1 unspecified atom stereocenters. The Morgan fingerprint density at radius 3 is 2.53 bits per heavy atom. The van der Waals surface area contributed by atoms with E-state index in [4.69, 9.17) is 10.5 Å². The van der Waals surface area contributed by atoms with Crippen LogP contribution in [-0.4, -0.2) is 39.7 Å². The molecule has 0 radical (unpaired) electrons. The third kappa shape index (κ3) is 5.17. The van der Waals surface area contributed by atoms with Crippen LogP contribution in [0.4, 0.5) is 22.1 Å². The van der Waals surface area contributed by atoms with Crippen molar-refractivity contribution in [2.45, 2.75) is 38.7 Å². The molecule has 7 heteroatoms. The average Bonchev–Trinajstić information content (AvgIpc) is 3.26. The van der Waals surface area contributed by atoms with Crippen molar-refractivity contribution in [2.24, 2.45) is 0 Å². The number of likely N-dealkylation sites (tertiary alicyclic amines) is 1. The lowest BCUT2D eigenvalue weighted by atomic mass is 9.98. The quantitative estimate of drug-likeness (QED) is 0.590. The molecule has 1 amide bonds. The Kier molecular flexibility index (Phi) is 5.99. The molecule has 1 aliphatic rings. The molecule has 166 valence electrons. The Balaban J connectivity index is 1.42. The number of rotatable bonds is 4. The second-order valence-corrected chi connectivity index (χ2v) is 9.01. The Morgan fingerprint density at radius 2 is 1.84 bits per heavy atom. The molecule has 0 aliphatic carbocycles. The first-order valence-electron chi connectivity index (χ1n) is 10.8. The van der Waals surface area contributed by atoms with Gasteiger partial charge in [0.1, 0.15) is 5.60 Å². The van der Waals surface area contributed by atoms with E-state index in [1.807, 2.05) is 63.2 Å². The Hall–Kier alpha value is -3.61. The van der Waals surface area contributed by atoms with E-state index in [2.05, 4.69) is 27.4 Å². The maximum Gasteiger partial charge on any atom is 0.410 e. The van der Waals surface area contributed by atoms with Crippen LogP contribution in [0.15, 0.2) is 60.8 Å². The van der Waals surface area contributed by atoms with Crippen molar-refractivity contribution < 1.29 is 9.53 Å². The number of ether oxygens (including phenoxy) is 1. The van der Waals surface area contributed by atoms with Crippen LogP contribution in [0.5, 0.6) is 0 Å². The molecule has 0 saturated carbocycles. The van der Waals surface area contributed by atoms with Crippen molar-refractivity contribution in [1.29, 1.82) is 0 Å². The molecule has 1 atom stereocenters. The molecular weight excluding hydrogens is 402 g/mol. The van der Waals surface area contributed by atoms with Crippen LogP contribution in [0.25, 0.3) is 11.3 Å². The van der Waals surface area contributed by atoms with E-state index in [0.717, 1.165) is 23.4 Å². The van der Waals surface area contributed by atoms with Gasteiger partial charge in [0.05, 0.1) is 11.9 Å². The average molecular weight is 432 g/mol. The van der Waals surface area contributed by atoms with Gasteiger partial charge in [0, 0.05) is 30.3 Å². The van der Waals surface area contributed by atoms with Gasteiger partial charge >= 0.3 is 6.09 Å². The van der Waals surface area contributed by atoms with Gasteiger partial charge in [-0.1, -0.05) is 42.5 Å². The second-order valence-electron chi connectivity index (χ2n) is 9.01. The molecule has 1 aromatic heterocycles. The Labute approximate surface area is 188 Å². The summed E-state index contributed by atoms with van der Waals surface area (Å²) in [4.78, 5) is 23.0. The smallest absolute Gasteiger partial charge is 0.410 e. The van der Waals surface area contributed by atoms with Crippen molar-refractivity contribution in [2.75, 3.05) is 24.1 Å². The second kappa shape index (κ2) is 8.86. The zero-order valence-corrected chi connectivity index (χ0v) is 18.7. The predicted molar refractivity (Wildman–Crippen MR) is 127 cm³/mol. The lowest BCUT2D eigenvalue weighted by molar-refractivity contribution is 0.0292. The molecule has 32 heavy (non-hydrogen) atoms. The van der Waals surface area contributed by atoms with Crippen molar-refractivity contribution >= 4 is 23.4 Å².